The molecule has 1 heterocycles. The van der Waals surface area contributed by atoms with Gasteiger partial charge in [-0.05, 0) is 25.1 Å². The first-order chi connectivity index (χ1) is 7.58. The van der Waals surface area contributed by atoms with Gasteiger partial charge >= 0.3 is 0 Å². The van der Waals surface area contributed by atoms with Crippen LogP contribution in [0.2, 0.25) is 10.0 Å². The summed E-state index contributed by atoms with van der Waals surface area (Å²) in [5.41, 5.74) is 6.68. The van der Waals surface area contributed by atoms with Crippen LogP contribution in [0.1, 0.15) is 17.8 Å². The van der Waals surface area contributed by atoms with Gasteiger partial charge in [0.25, 0.3) is 0 Å². The largest absolute Gasteiger partial charge is 0.323 e. The van der Waals surface area contributed by atoms with Gasteiger partial charge in [0.15, 0.2) is 0 Å². The fraction of sp³-hybridized carbons (Fsp3) is 0.182. The van der Waals surface area contributed by atoms with E-state index in [0.717, 1.165) is 15.4 Å². The summed E-state index contributed by atoms with van der Waals surface area (Å²) in [5, 5.41) is 2.10. The third-order valence-corrected chi connectivity index (χ3v) is 3.91. The molecule has 5 heteroatoms. The molecular formula is C11H10Cl2N2S. The lowest BCUT2D eigenvalue weighted by atomic mass is 10.2. The van der Waals surface area contributed by atoms with E-state index in [4.69, 9.17) is 28.9 Å². The molecule has 1 aromatic carbocycles. The van der Waals surface area contributed by atoms with Crippen molar-refractivity contribution in [2.24, 2.45) is 5.73 Å². The van der Waals surface area contributed by atoms with E-state index in [9.17, 15) is 0 Å². The molecule has 0 bridgehead atoms. The lowest BCUT2D eigenvalue weighted by Gasteiger charge is -2.01. The lowest BCUT2D eigenvalue weighted by molar-refractivity contribution is 0.835. The second-order valence-electron chi connectivity index (χ2n) is 3.48. The maximum absolute atomic E-state index is 6.10. The molecule has 0 saturated carbocycles. The molecule has 1 atom stereocenters. The molecule has 2 N–H and O–H groups in total. The average Bonchev–Trinajstić information content (AvgIpc) is 2.66. The third-order valence-electron chi connectivity index (χ3n) is 2.13. The Morgan fingerprint density at radius 2 is 2.12 bits per heavy atom. The predicted molar refractivity (Wildman–Crippen MR) is 70.2 cm³/mol. The van der Waals surface area contributed by atoms with Crippen LogP contribution in [0.3, 0.4) is 0 Å². The first-order valence-corrected chi connectivity index (χ1v) is 6.32. The Kier molecular flexibility index (Phi) is 3.50. The van der Waals surface area contributed by atoms with Gasteiger partial charge in [-0.15, -0.1) is 11.3 Å². The zero-order chi connectivity index (χ0) is 11.7. The fourth-order valence-corrected chi connectivity index (χ4v) is 2.75. The molecular weight excluding hydrogens is 263 g/mol. The summed E-state index contributed by atoms with van der Waals surface area (Å²) in [7, 11) is 0. The van der Waals surface area contributed by atoms with Gasteiger partial charge in [0, 0.05) is 27.7 Å². The van der Waals surface area contributed by atoms with Crippen molar-refractivity contribution in [3.63, 3.8) is 0 Å². The Labute approximate surface area is 108 Å². The summed E-state index contributed by atoms with van der Waals surface area (Å²) >= 11 is 13.5. The zero-order valence-corrected chi connectivity index (χ0v) is 10.9. The SMILES string of the molecule is CC(N)c1cnc(-c2ccc(Cl)cc2Cl)s1. The van der Waals surface area contributed by atoms with Gasteiger partial charge in [0.1, 0.15) is 5.01 Å². The Bertz CT molecular complexity index is 508. The van der Waals surface area contributed by atoms with Crippen LogP contribution in [0.5, 0.6) is 0 Å². The molecule has 1 aromatic heterocycles. The number of benzene rings is 1. The highest BCUT2D eigenvalue weighted by molar-refractivity contribution is 7.15. The highest BCUT2D eigenvalue weighted by Crippen LogP contribution is 2.34. The molecule has 16 heavy (non-hydrogen) atoms. The summed E-state index contributed by atoms with van der Waals surface area (Å²) in [6, 6.07) is 5.38. The first-order valence-electron chi connectivity index (χ1n) is 4.74. The van der Waals surface area contributed by atoms with E-state index in [2.05, 4.69) is 4.98 Å². The van der Waals surface area contributed by atoms with Crippen LogP contribution in [0.15, 0.2) is 24.4 Å². The topological polar surface area (TPSA) is 38.9 Å². The van der Waals surface area contributed by atoms with E-state index >= 15 is 0 Å². The quantitative estimate of drug-likeness (QED) is 0.893. The minimum absolute atomic E-state index is 0.00248. The molecule has 1 unspecified atom stereocenters. The molecule has 0 fully saturated rings. The van der Waals surface area contributed by atoms with Crippen molar-refractivity contribution in [3.05, 3.63) is 39.3 Å². The Morgan fingerprint density at radius 1 is 1.38 bits per heavy atom. The molecule has 0 amide bonds. The number of rotatable bonds is 2. The van der Waals surface area contributed by atoms with Crippen LogP contribution in [-0.2, 0) is 0 Å². The number of aromatic nitrogens is 1. The highest BCUT2D eigenvalue weighted by Gasteiger charge is 2.10. The van der Waals surface area contributed by atoms with Crippen molar-refractivity contribution in [2.45, 2.75) is 13.0 Å². The molecule has 84 valence electrons. The molecule has 0 aliphatic carbocycles. The second kappa shape index (κ2) is 4.72. The predicted octanol–water partition coefficient (Wildman–Crippen LogP) is 4.14. The first kappa shape index (κ1) is 11.9. The molecule has 2 nitrogen and oxygen atoms in total. The van der Waals surface area contributed by atoms with Crippen molar-refractivity contribution in [1.29, 1.82) is 0 Å². The van der Waals surface area contributed by atoms with Crippen molar-refractivity contribution >= 4 is 34.5 Å². The van der Waals surface area contributed by atoms with Crippen molar-refractivity contribution in [1.82, 2.24) is 4.98 Å². The van der Waals surface area contributed by atoms with Crippen LogP contribution in [0, 0.1) is 0 Å². The minimum Gasteiger partial charge on any atom is -0.323 e. The Morgan fingerprint density at radius 3 is 2.69 bits per heavy atom. The molecule has 0 aliphatic rings. The van der Waals surface area contributed by atoms with Crippen LogP contribution in [0.4, 0.5) is 0 Å². The number of halogens is 2. The van der Waals surface area contributed by atoms with E-state index in [1.165, 1.54) is 0 Å². The maximum atomic E-state index is 6.10. The van der Waals surface area contributed by atoms with Crippen molar-refractivity contribution in [3.8, 4) is 10.6 Å². The monoisotopic (exact) mass is 272 g/mol. The number of nitrogens with two attached hydrogens (primary N) is 1. The van der Waals surface area contributed by atoms with Gasteiger partial charge in [0.2, 0.25) is 0 Å². The third kappa shape index (κ3) is 2.38. The number of hydrogen-bond acceptors (Lipinski definition) is 3. The maximum Gasteiger partial charge on any atom is 0.125 e. The molecule has 2 rings (SSSR count). The number of hydrogen-bond donors (Lipinski definition) is 1. The summed E-state index contributed by atoms with van der Waals surface area (Å²) in [5.74, 6) is 0. The molecule has 0 radical (unpaired) electrons. The van der Waals surface area contributed by atoms with E-state index in [1.54, 1.807) is 29.7 Å². The number of nitrogens with zero attached hydrogens (tertiary/aromatic N) is 1. The molecule has 0 aliphatic heterocycles. The molecule has 0 saturated heterocycles. The van der Waals surface area contributed by atoms with E-state index in [0.29, 0.717) is 10.0 Å². The van der Waals surface area contributed by atoms with E-state index in [1.807, 2.05) is 13.0 Å². The van der Waals surface area contributed by atoms with Gasteiger partial charge in [-0.2, -0.15) is 0 Å². The Hall–Kier alpha value is -0.610. The molecule has 2 aromatic rings. The van der Waals surface area contributed by atoms with Gasteiger partial charge in [0.05, 0.1) is 5.02 Å². The fourth-order valence-electron chi connectivity index (χ4n) is 1.28. The lowest BCUT2D eigenvalue weighted by Crippen LogP contribution is -2.01. The van der Waals surface area contributed by atoms with Crippen LogP contribution < -0.4 is 5.73 Å². The summed E-state index contributed by atoms with van der Waals surface area (Å²) < 4.78 is 0. The average molecular weight is 273 g/mol. The Balaban J connectivity index is 2.42. The van der Waals surface area contributed by atoms with E-state index < -0.39 is 0 Å². The van der Waals surface area contributed by atoms with Crippen LogP contribution in [0.25, 0.3) is 10.6 Å². The smallest absolute Gasteiger partial charge is 0.125 e. The minimum atomic E-state index is -0.00248. The summed E-state index contributed by atoms with van der Waals surface area (Å²) in [6.07, 6.45) is 1.79. The summed E-state index contributed by atoms with van der Waals surface area (Å²) in [6.45, 7) is 1.93. The van der Waals surface area contributed by atoms with Crippen molar-refractivity contribution in [2.75, 3.05) is 0 Å². The standard InChI is InChI=1S/C11H10Cl2N2S/c1-6(14)10-5-15-11(16-10)8-3-2-7(12)4-9(8)13/h2-6H,14H2,1H3. The highest BCUT2D eigenvalue weighted by atomic mass is 35.5. The normalized spacial score (nSPS) is 12.8. The second-order valence-corrected chi connectivity index (χ2v) is 5.39. The van der Waals surface area contributed by atoms with Gasteiger partial charge < -0.3 is 5.73 Å². The zero-order valence-electron chi connectivity index (χ0n) is 8.58. The van der Waals surface area contributed by atoms with E-state index in [-0.39, 0.29) is 6.04 Å². The number of thiazole rings is 1. The summed E-state index contributed by atoms with van der Waals surface area (Å²) in [4.78, 5) is 5.35. The van der Waals surface area contributed by atoms with Crippen LogP contribution in [-0.4, -0.2) is 4.98 Å². The van der Waals surface area contributed by atoms with Gasteiger partial charge in [-0.3, -0.25) is 0 Å². The van der Waals surface area contributed by atoms with Gasteiger partial charge in [-0.25, -0.2) is 4.98 Å². The van der Waals surface area contributed by atoms with Gasteiger partial charge in [-0.1, -0.05) is 23.2 Å². The van der Waals surface area contributed by atoms with Crippen LogP contribution >= 0.6 is 34.5 Å². The van der Waals surface area contributed by atoms with Crippen molar-refractivity contribution < 1.29 is 0 Å². The molecule has 0 spiro atoms.